The Morgan fingerprint density at radius 1 is 1.07 bits per heavy atom. The molecule has 1 aromatic heterocycles. The second-order valence-electron chi connectivity index (χ2n) is 7.42. The second kappa shape index (κ2) is 8.27. The molecule has 3 heterocycles. The van der Waals surface area contributed by atoms with Crippen molar-refractivity contribution in [3.05, 3.63) is 35.2 Å². The van der Waals surface area contributed by atoms with Gasteiger partial charge in [-0.1, -0.05) is 5.16 Å². The van der Waals surface area contributed by atoms with Crippen LogP contribution in [0.3, 0.4) is 0 Å². The van der Waals surface area contributed by atoms with E-state index in [9.17, 15) is 13.2 Å². The molecule has 2 aliphatic heterocycles. The molecule has 9 nitrogen and oxygen atoms in total. The molecule has 0 aliphatic carbocycles. The van der Waals surface area contributed by atoms with E-state index in [-0.39, 0.29) is 30.3 Å². The molecule has 1 amide bonds. The van der Waals surface area contributed by atoms with Gasteiger partial charge in [-0.2, -0.15) is 4.31 Å². The molecule has 2 aliphatic rings. The van der Waals surface area contributed by atoms with Gasteiger partial charge < -0.3 is 18.9 Å². The number of aryl methyl sites for hydroxylation is 2. The van der Waals surface area contributed by atoms with Crippen LogP contribution in [0.2, 0.25) is 0 Å². The smallest absolute Gasteiger partial charge is 0.243 e. The van der Waals surface area contributed by atoms with Gasteiger partial charge in [0, 0.05) is 44.2 Å². The van der Waals surface area contributed by atoms with Crippen LogP contribution in [0.15, 0.2) is 27.6 Å². The van der Waals surface area contributed by atoms with Gasteiger partial charge >= 0.3 is 0 Å². The van der Waals surface area contributed by atoms with Gasteiger partial charge in [-0.15, -0.1) is 0 Å². The summed E-state index contributed by atoms with van der Waals surface area (Å²) in [6.07, 6.45) is 0.955. The standard InChI is InChI=1S/C20H25N3O6S/c1-14-17(15(2)29-21-14)13-20(24)22-6-8-23(9-7-22)30(25,26)16-4-5-18-19(12-16)28-11-3-10-27-18/h4-5,12H,3,6-11,13H2,1-2H3. The minimum absolute atomic E-state index is 0.0583. The Morgan fingerprint density at radius 2 is 1.77 bits per heavy atom. The summed E-state index contributed by atoms with van der Waals surface area (Å²) in [5.41, 5.74) is 1.50. The van der Waals surface area contributed by atoms with E-state index in [0.29, 0.717) is 49.3 Å². The lowest BCUT2D eigenvalue weighted by molar-refractivity contribution is -0.131. The maximum Gasteiger partial charge on any atom is 0.243 e. The van der Waals surface area contributed by atoms with Crippen LogP contribution in [0.5, 0.6) is 11.5 Å². The Balaban J connectivity index is 1.42. The lowest BCUT2D eigenvalue weighted by Crippen LogP contribution is -2.50. The van der Waals surface area contributed by atoms with Gasteiger partial charge in [0.2, 0.25) is 15.9 Å². The number of hydrogen-bond donors (Lipinski definition) is 0. The van der Waals surface area contributed by atoms with E-state index >= 15 is 0 Å². The van der Waals surface area contributed by atoms with Crippen LogP contribution in [0.25, 0.3) is 0 Å². The summed E-state index contributed by atoms with van der Waals surface area (Å²) in [6, 6.07) is 4.69. The van der Waals surface area contributed by atoms with Gasteiger partial charge in [0.25, 0.3) is 0 Å². The number of ether oxygens (including phenoxy) is 2. The Kier molecular flexibility index (Phi) is 5.70. The molecule has 0 unspecified atom stereocenters. The van der Waals surface area contributed by atoms with Crippen LogP contribution in [0, 0.1) is 13.8 Å². The second-order valence-corrected chi connectivity index (χ2v) is 9.36. The molecule has 0 saturated carbocycles. The van der Waals surface area contributed by atoms with Crippen molar-refractivity contribution in [3.8, 4) is 11.5 Å². The van der Waals surface area contributed by atoms with E-state index in [2.05, 4.69) is 5.16 Å². The number of carbonyl (C=O) groups excluding carboxylic acids is 1. The maximum absolute atomic E-state index is 13.1. The molecule has 0 atom stereocenters. The van der Waals surface area contributed by atoms with Crippen molar-refractivity contribution in [1.29, 1.82) is 0 Å². The summed E-state index contributed by atoms with van der Waals surface area (Å²) >= 11 is 0. The largest absolute Gasteiger partial charge is 0.490 e. The van der Waals surface area contributed by atoms with Crippen LogP contribution in [-0.2, 0) is 21.2 Å². The molecular formula is C20H25N3O6S. The number of aromatic nitrogens is 1. The Morgan fingerprint density at radius 3 is 2.43 bits per heavy atom. The predicted octanol–water partition coefficient (Wildman–Crippen LogP) is 1.53. The number of amides is 1. The lowest BCUT2D eigenvalue weighted by atomic mass is 10.1. The highest BCUT2D eigenvalue weighted by Gasteiger charge is 2.31. The zero-order valence-corrected chi connectivity index (χ0v) is 17.9. The van der Waals surface area contributed by atoms with E-state index in [1.54, 1.807) is 24.8 Å². The van der Waals surface area contributed by atoms with Crippen LogP contribution in [0.4, 0.5) is 0 Å². The van der Waals surface area contributed by atoms with E-state index < -0.39 is 10.0 Å². The molecule has 10 heteroatoms. The number of rotatable bonds is 4. The van der Waals surface area contributed by atoms with E-state index in [4.69, 9.17) is 14.0 Å². The normalized spacial score (nSPS) is 17.6. The first-order valence-electron chi connectivity index (χ1n) is 9.95. The Bertz CT molecular complexity index is 1020. The van der Waals surface area contributed by atoms with Crippen molar-refractivity contribution in [1.82, 2.24) is 14.4 Å². The van der Waals surface area contributed by atoms with Crippen molar-refractivity contribution in [2.45, 2.75) is 31.6 Å². The minimum Gasteiger partial charge on any atom is -0.490 e. The van der Waals surface area contributed by atoms with E-state index in [0.717, 1.165) is 12.0 Å². The van der Waals surface area contributed by atoms with Crippen LogP contribution in [-0.4, -0.2) is 68.1 Å². The van der Waals surface area contributed by atoms with Crippen molar-refractivity contribution >= 4 is 15.9 Å². The van der Waals surface area contributed by atoms with Crippen molar-refractivity contribution < 1.29 is 27.2 Å². The number of benzene rings is 1. The monoisotopic (exact) mass is 435 g/mol. The summed E-state index contributed by atoms with van der Waals surface area (Å²) in [7, 11) is -3.69. The van der Waals surface area contributed by atoms with E-state index in [1.165, 1.54) is 16.4 Å². The molecule has 30 heavy (non-hydrogen) atoms. The topological polar surface area (TPSA) is 102 Å². The van der Waals surface area contributed by atoms with Crippen molar-refractivity contribution in [2.24, 2.45) is 0 Å². The van der Waals surface area contributed by atoms with Crippen LogP contribution < -0.4 is 9.47 Å². The van der Waals surface area contributed by atoms with Crippen LogP contribution >= 0.6 is 0 Å². The summed E-state index contributed by atoms with van der Waals surface area (Å²) < 4.78 is 43.9. The molecule has 4 rings (SSSR count). The van der Waals surface area contributed by atoms with Crippen molar-refractivity contribution in [3.63, 3.8) is 0 Å². The number of nitrogens with zero attached hydrogens (tertiary/aromatic N) is 3. The fraction of sp³-hybridized carbons (Fsp3) is 0.500. The maximum atomic E-state index is 13.1. The van der Waals surface area contributed by atoms with E-state index in [1.807, 2.05) is 0 Å². The van der Waals surface area contributed by atoms with Gasteiger partial charge in [0.05, 0.1) is 30.2 Å². The quantitative estimate of drug-likeness (QED) is 0.718. The zero-order valence-electron chi connectivity index (χ0n) is 17.1. The number of carbonyl (C=O) groups is 1. The number of piperazine rings is 1. The van der Waals surface area contributed by atoms with Gasteiger partial charge in [0.15, 0.2) is 11.5 Å². The highest BCUT2D eigenvalue weighted by atomic mass is 32.2. The van der Waals surface area contributed by atoms with Gasteiger partial charge in [-0.05, 0) is 26.0 Å². The Hall–Kier alpha value is -2.59. The van der Waals surface area contributed by atoms with Crippen molar-refractivity contribution in [2.75, 3.05) is 39.4 Å². The predicted molar refractivity (Wildman–Crippen MR) is 107 cm³/mol. The lowest BCUT2D eigenvalue weighted by Gasteiger charge is -2.34. The summed E-state index contributed by atoms with van der Waals surface area (Å²) in [5, 5.41) is 3.88. The molecule has 0 spiro atoms. The summed E-state index contributed by atoms with van der Waals surface area (Å²) in [6.45, 7) is 5.78. The SMILES string of the molecule is Cc1noc(C)c1CC(=O)N1CCN(S(=O)(=O)c2ccc3c(c2)OCCCO3)CC1. The van der Waals surface area contributed by atoms with Crippen LogP contribution in [0.1, 0.15) is 23.4 Å². The molecule has 2 aromatic rings. The number of fused-ring (bicyclic) bond motifs is 1. The molecule has 0 N–H and O–H groups in total. The molecule has 0 radical (unpaired) electrons. The fourth-order valence-corrected chi connectivity index (χ4v) is 5.09. The minimum atomic E-state index is -3.69. The average Bonchev–Trinajstić information content (AvgIpc) is 2.94. The molecule has 0 bridgehead atoms. The first-order valence-corrected chi connectivity index (χ1v) is 11.4. The average molecular weight is 436 g/mol. The first kappa shape index (κ1) is 20.7. The van der Waals surface area contributed by atoms with Gasteiger partial charge in [-0.3, -0.25) is 4.79 Å². The highest BCUT2D eigenvalue weighted by molar-refractivity contribution is 7.89. The Labute approximate surface area is 175 Å². The highest BCUT2D eigenvalue weighted by Crippen LogP contribution is 2.33. The molecule has 162 valence electrons. The summed E-state index contributed by atoms with van der Waals surface area (Å²) in [4.78, 5) is 14.5. The summed E-state index contributed by atoms with van der Waals surface area (Å²) in [5.74, 6) is 1.58. The molecule has 1 saturated heterocycles. The number of sulfonamides is 1. The zero-order chi connectivity index (χ0) is 21.3. The van der Waals surface area contributed by atoms with Gasteiger partial charge in [-0.25, -0.2) is 8.42 Å². The van der Waals surface area contributed by atoms with Gasteiger partial charge in [0.1, 0.15) is 5.76 Å². The third-order valence-electron chi connectivity index (χ3n) is 5.46. The number of hydrogen-bond acceptors (Lipinski definition) is 7. The first-order chi connectivity index (χ1) is 14.4. The third-order valence-corrected chi connectivity index (χ3v) is 7.35. The fourth-order valence-electron chi connectivity index (χ4n) is 3.65. The molecule has 1 fully saturated rings. The third kappa shape index (κ3) is 4.01. The molecule has 1 aromatic carbocycles. The molecular weight excluding hydrogens is 410 g/mol.